The van der Waals surface area contributed by atoms with Gasteiger partial charge in [-0.3, -0.25) is 19.8 Å². The maximum atomic E-state index is 11.6. The van der Waals surface area contributed by atoms with Crippen molar-refractivity contribution in [2.24, 2.45) is 0 Å². The van der Waals surface area contributed by atoms with E-state index in [1.54, 1.807) is 0 Å². The first-order valence-electron chi connectivity index (χ1n) is 5.82. The second kappa shape index (κ2) is 7.06. The molecule has 0 saturated carbocycles. The summed E-state index contributed by atoms with van der Waals surface area (Å²) in [6, 6.07) is 5.50. The molecule has 1 heterocycles. The van der Waals surface area contributed by atoms with Crippen molar-refractivity contribution in [3.8, 4) is 5.75 Å². The molecule has 104 valence electrons. The van der Waals surface area contributed by atoms with Gasteiger partial charge < -0.3 is 4.74 Å². The fourth-order valence-electron chi connectivity index (χ4n) is 1.92. The van der Waals surface area contributed by atoms with Gasteiger partial charge in [0, 0.05) is 12.1 Å². The van der Waals surface area contributed by atoms with Crippen LogP contribution in [0.15, 0.2) is 24.3 Å². The Morgan fingerprint density at radius 3 is 2.37 bits per heavy atom. The number of non-ortho nitro benzene ring substituents is 1. The molecule has 1 saturated heterocycles. The molecule has 0 bridgehead atoms. The van der Waals surface area contributed by atoms with E-state index < -0.39 is 4.92 Å². The molecule has 0 spiro atoms. The number of benzene rings is 1. The molecule has 7 heteroatoms. The lowest BCUT2D eigenvalue weighted by atomic mass is 10.3. The monoisotopic (exact) mass is 286 g/mol. The molecular formula is C12H15ClN2O4. The Morgan fingerprint density at radius 2 is 1.84 bits per heavy atom. The number of hydrogen-bond donors (Lipinski definition) is 0. The minimum absolute atomic E-state index is 0. The van der Waals surface area contributed by atoms with Gasteiger partial charge in [-0.25, -0.2) is 0 Å². The Kier molecular flexibility index (Phi) is 5.72. The van der Waals surface area contributed by atoms with Crippen LogP contribution in [0.25, 0.3) is 0 Å². The molecule has 19 heavy (non-hydrogen) atoms. The van der Waals surface area contributed by atoms with Gasteiger partial charge in [0.25, 0.3) is 5.69 Å². The van der Waals surface area contributed by atoms with Gasteiger partial charge >= 0.3 is 5.97 Å². The molecule has 0 unspecified atom stereocenters. The standard InChI is InChI=1S/C12H14N2O4.ClH/c15-12(9-13-7-1-2-8-13)18-11-5-3-10(4-6-11)14(16)17;/h3-6H,1-2,7-9H2;1H. The normalized spacial score (nSPS) is 14.7. The number of halogens is 1. The third-order valence-corrected chi connectivity index (χ3v) is 2.83. The average Bonchev–Trinajstić information content (AvgIpc) is 2.82. The van der Waals surface area contributed by atoms with E-state index in [4.69, 9.17) is 4.74 Å². The Hall–Kier alpha value is -1.66. The van der Waals surface area contributed by atoms with E-state index in [-0.39, 0.29) is 30.6 Å². The van der Waals surface area contributed by atoms with Gasteiger partial charge in [0.15, 0.2) is 0 Å². The van der Waals surface area contributed by atoms with Crippen molar-refractivity contribution in [3.05, 3.63) is 34.4 Å². The van der Waals surface area contributed by atoms with Crippen LogP contribution in [0.2, 0.25) is 0 Å². The predicted octanol–water partition coefficient (Wildman–Crippen LogP) is 2.02. The van der Waals surface area contributed by atoms with Crippen molar-refractivity contribution in [2.45, 2.75) is 12.8 Å². The van der Waals surface area contributed by atoms with E-state index in [0.717, 1.165) is 25.9 Å². The van der Waals surface area contributed by atoms with E-state index in [1.807, 2.05) is 4.90 Å². The number of likely N-dealkylation sites (tertiary alicyclic amines) is 1. The second-order valence-electron chi connectivity index (χ2n) is 4.21. The number of carbonyl (C=O) groups is 1. The highest BCUT2D eigenvalue weighted by atomic mass is 35.5. The van der Waals surface area contributed by atoms with E-state index in [1.165, 1.54) is 24.3 Å². The number of nitro groups is 1. The van der Waals surface area contributed by atoms with E-state index >= 15 is 0 Å². The van der Waals surface area contributed by atoms with Gasteiger partial charge in [-0.1, -0.05) is 0 Å². The van der Waals surface area contributed by atoms with E-state index in [9.17, 15) is 14.9 Å². The van der Waals surface area contributed by atoms with Crippen LogP contribution in [0.4, 0.5) is 5.69 Å². The number of nitro benzene ring substituents is 1. The van der Waals surface area contributed by atoms with Crippen molar-refractivity contribution in [3.63, 3.8) is 0 Å². The first-order chi connectivity index (χ1) is 8.65. The molecule has 0 aromatic heterocycles. The second-order valence-corrected chi connectivity index (χ2v) is 4.21. The van der Waals surface area contributed by atoms with Crippen LogP contribution in [-0.2, 0) is 4.79 Å². The summed E-state index contributed by atoms with van der Waals surface area (Å²) in [5.41, 5.74) is -0.0191. The maximum Gasteiger partial charge on any atom is 0.325 e. The highest BCUT2D eigenvalue weighted by Gasteiger charge is 2.16. The molecule has 1 aromatic carbocycles. The van der Waals surface area contributed by atoms with Gasteiger partial charge in [0.1, 0.15) is 5.75 Å². The molecule has 1 aliphatic rings. The zero-order valence-electron chi connectivity index (χ0n) is 10.3. The SMILES string of the molecule is Cl.O=C(CN1CCCC1)Oc1ccc([N+](=O)[O-])cc1. The maximum absolute atomic E-state index is 11.6. The fraction of sp³-hybridized carbons (Fsp3) is 0.417. The number of nitrogens with zero attached hydrogens (tertiary/aromatic N) is 2. The van der Waals surface area contributed by atoms with Gasteiger partial charge in [0.05, 0.1) is 11.5 Å². The van der Waals surface area contributed by atoms with Crippen LogP contribution in [0.1, 0.15) is 12.8 Å². The van der Waals surface area contributed by atoms with Crippen LogP contribution in [0.5, 0.6) is 5.75 Å². The topological polar surface area (TPSA) is 72.7 Å². The molecule has 0 aliphatic carbocycles. The van der Waals surface area contributed by atoms with Crippen molar-refractivity contribution in [2.75, 3.05) is 19.6 Å². The van der Waals surface area contributed by atoms with Crippen LogP contribution in [-0.4, -0.2) is 35.4 Å². The molecule has 0 atom stereocenters. The molecule has 0 N–H and O–H groups in total. The Balaban J connectivity index is 0.00000180. The Labute approximate surface area is 116 Å². The lowest BCUT2D eigenvalue weighted by molar-refractivity contribution is -0.384. The van der Waals surface area contributed by atoms with Crippen LogP contribution < -0.4 is 4.74 Å². The highest BCUT2D eigenvalue weighted by Crippen LogP contribution is 2.17. The predicted molar refractivity (Wildman–Crippen MR) is 71.7 cm³/mol. The summed E-state index contributed by atoms with van der Waals surface area (Å²) in [5.74, 6) is 0.00977. The summed E-state index contributed by atoms with van der Waals surface area (Å²) in [6.07, 6.45) is 2.23. The zero-order chi connectivity index (χ0) is 13.0. The molecular weight excluding hydrogens is 272 g/mol. The molecule has 0 radical (unpaired) electrons. The highest BCUT2D eigenvalue weighted by molar-refractivity contribution is 5.85. The number of rotatable bonds is 4. The van der Waals surface area contributed by atoms with E-state index in [0.29, 0.717) is 5.75 Å². The summed E-state index contributed by atoms with van der Waals surface area (Å²) >= 11 is 0. The van der Waals surface area contributed by atoms with Gasteiger partial charge in [-0.15, -0.1) is 12.4 Å². The Bertz CT molecular complexity index is 444. The summed E-state index contributed by atoms with van der Waals surface area (Å²) in [7, 11) is 0. The molecule has 6 nitrogen and oxygen atoms in total. The zero-order valence-corrected chi connectivity index (χ0v) is 11.1. The summed E-state index contributed by atoms with van der Waals surface area (Å²) in [4.78, 5) is 23.6. The Morgan fingerprint density at radius 1 is 1.26 bits per heavy atom. The van der Waals surface area contributed by atoms with Crippen molar-refractivity contribution < 1.29 is 14.5 Å². The van der Waals surface area contributed by atoms with Gasteiger partial charge in [0.2, 0.25) is 0 Å². The van der Waals surface area contributed by atoms with Gasteiger partial charge in [-0.2, -0.15) is 0 Å². The van der Waals surface area contributed by atoms with Crippen molar-refractivity contribution >= 4 is 24.1 Å². The summed E-state index contributed by atoms with van der Waals surface area (Å²) in [5, 5.41) is 10.5. The average molecular weight is 287 g/mol. The quantitative estimate of drug-likeness (QED) is 0.366. The molecule has 0 amide bonds. The molecule has 1 aliphatic heterocycles. The third kappa shape index (κ3) is 4.50. The number of hydrogen-bond acceptors (Lipinski definition) is 5. The third-order valence-electron chi connectivity index (χ3n) is 2.83. The first kappa shape index (κ1) is 15.4. The smallest absolute Gasteiger partial charge is 0.325 e. The summed E-state index contributed by atoms with van der Waals surface area (Å²) in [6.45, 7) is 2.13. The number of carbonyl (C=O) groups excluding carboxylic acids is 1. The van der Waals surface area contributed by atoms with Gasteiger partial charge in [-0.05, 0) is 38.1 Å². The van der Waals surface area contributed by atoms with Crippen LogP contribution in [0.3, 0.4) is 0 Å². The summed E-state index contributed by atoms with van der Waals surface area (Å²) < 4.78 is 5.11. The lowest BCUT2D eigenvalue weighted by Gasteiger charge is -2.13. The largest absolute Gasteiger partial charge is 0.426 e. The lowest BCUT2D eigenvalue weighted by Crippen LogP contribution is -2.29. The minimum atomic E-state index is -0.490. The van der Waals surface area contributed by atoms with E-state index in [2.05, 4.69) is 0 Å². The number of ether oxygens (including phenoxy) is 1. The first-order valence-corrected chi connectivity index (χ1v) is 5.82. The van der Waals surface area contributed by atoms with Crippen molar-refractivity contribution in [1.82, 2.24) is 4.90 Å². The van der Waals surface area contributed by atoms with Crippen molar-refractivity contribution in [1.29, 1.82) is 0 Å². The number of esters is 1. The molecule has 2 rings (SSSR count). The van der Waals surface area contributed by atoms with Crippen LogP contribution in [0, 0.1) is 10.1 Å². The minimum Gasteiger partial charge on any atom is -0.426 e. The molecule has 1 aromatic rings. The van der Waals surface area contributed by atoms with Crippen LogP contribution >= 0.6 is 12.4 Å². The fourth-order valence-corrected chi connectivity index (χ4v) is 1.92. The molecule has 1 fully saturated rings.